The molecule has 6 heteroatoms. The molecule has 0 amide bonds. The van der Waals surface area contributed by atoms with Crippen molar-refractivity contribution in [3.8, 4) is 17.2 Å². The number of hydrogen-bond acceptors (Lipinski definition) is 3. The molecule has 0 saturated carbocycles. The van der Waals surface area contributed by atoms with Crippen LogP contribution in [0.3, 0.4) is 0 Å². The van der Waals surface area contributed by atoms with Crippen molar-refractivity contribution in [3.63, 3.8) is 0 Å². The molecule has 0 atom stereocenters. The quantitative estimate of drug-likeness (QED) is 0.696. The van der Waals surface area contributed by atoms with Crippen molar-refractivity contribution in [2.75, 3.05) is 7.11 Å². The van der Waals surface area contributed by atoms with E-state index in [4.69, 9.17) is 9.15 Å². The van der Waals surface area contributed by atoms with Gasteiger partial charge in [0.25, 0.3) is 0 Å². The van der Waals surface area contributed by atoms with Gasteiger partial charge in [0.2, 0.25) is 5.89 Å². The van der Waals surface area contributed by atoms with Crippen molar-refractivity contribution in [1.82, 2.24) is 4.98 Å². The van der Waals surface area contributed by atoms with Gasteiger partial charge in [-0.05, 0) is 30.3 Å². The zero-order valence-corrected chi connectivity index (χ0v) is 10.9. The molecule has 3 aromatic rings. The van der Waals surface area contributed by atoms with Gasteiger partial charge in [0.15, 0.2) is 5.58 Å². The van der Waals surface area contributed by atoms with E-state index in [-0.39, 0.29) is 11.5 Å². The Hall–Kier alpha value is -2.50. The predicted octanol–water partition coefficient (Wildman–Crippen LogP) is 4.52. The van der Waals surface area contributed by atoms with Crippen LogP contribution in [0.2, 0.25) is 0 Å². The molecular formula is C15H10F3NO2. The van der Waals surface area contributed by atoms with Gasteiger partial charge in [-0.3, -0.25) is 0 Å². The number of rotatable bonds is 2. The third kappa shape index (κ3) is 2.44. The minimum Gasteiger partial charge on any atom is -0.496 e. The zero-order chi connectivity index (χ0) is 15.0. The Balaban J connectivity index is 2.13. The first-order valence-electron chi connectivity index (χ1n) is 6.10. The topological polar surface area (TPSA) is 35.3 Å². The number of benzene rings is 2. The fourth-order valence-electron chi connectivity index (χ4n) is 2.04. The number of hydrogen-bond donors (Lipinski definition) is 0. The fraction of sp³-hybridized carbons (Fsp3) is 0.133. The number of methoxy groups -OCH3 is 1. The Morgan fingerprint density at radius 1 is 1.10 bits per heavy atom. The van der Waals surface area contributed by atoms with Crippen LogP contribution < -0.4 is 4.74 Å². The van der Waals surface area contributed by atoms with Gasteiger partial charge in [-0.2, -0.15) is 13.2 Å². The van der Waals surface area contributed by atoms with Gasteiger partial charge >= 0.3 is 6.18 Å². The molecule has 21 heavy (non-hydrogen) atoms. The van der Waals surface area contributed by atoms with E-state index in [9.17, 15) is 13.2 Å². The Morgan fingerprint density at radius 2 is 1.86 bits per heavy atom. The predicted molar refractivity (Wildman–Crippen MR) is 71.0 cm³/mol. The standard InChI is InChI=1S/C15H10F3NO2/c1-20-12-5-3-2-4-10(12)14-19-11-7-6-9(15(16,17)18)8-13(11)21-14/h2-8H,1H3. The normalized spacial score (nSPS) is 11.8. The Morgan fingerprint density at radius 3 is 2.57 bits per heavy atom. The minimum atomic E-state index is -4.41. The number of alkyl halides is 3. The van der Waals surface area contributed by atoms with Gasteiger partial charge in [-0.1, -0.05) is 12.1 Å². The third-order valence-electron chi connectivity index (χ3n) is 3.05. The molecule has 108 valence electrons. The van der Waals surface area contributed by atoms with Crippen LogP contribution in [-0.4, -0.2) is 12.1 Å². The summed E-state index contributed by atoms with van der Waals surface area (Å²) in [6.07, 6.45) is -4.41. The average molecular weight is 293 g/mol. The van der Waals surface area contributed by atoms with Crippen molar-refractivity contribution in [1.29, 1.82) is 0 Å². The zero-order valence-electron chi connectivity index (χ0n) is 10.9. The molecule has 0 fully saturated rings. The monoisotopic (exact) mass is 293 g/mol. The number of aromatic nitrogens is 1. The van der Waals surface area contributed by atoms with Crippen molar-refractivity contribution in [2.24, 2.45) is 0 Å². The highest BCUT2D eigenvalue weighted by atomic mass is 19.4. The van der Waals surface area contributed by atoms with E-state index in [2.05, 4.69) is 4.98 Å². The van der Waals surface area contributed by atoms with Crippen LogP contribution in [0.4, 0.5) is 13.2 Å². The van der Waals surface area contributed by atoms with Gasteiger partial charge in [0.1, 0.15) is 11.3 Å². The molecule has 0 bridgehead atoms. The molecule has 0 saturated heterocycles. The highest BCUT2D eigenvalue weighted by molar-refractivity contribution is 5.78. The summed E-state index contributed by atoms with van der Waals surface area (Å²) in [6.45, 7) is 0. The van der Waals surface area contributed by atoms with Gasteiger partial charge in [-0.15, -0.1) is 0 Å². The van der Waals surface area contributed by atoms with E-state index in [0.29, 0.717) is 16.8 Å². The Labute approximate surface area is 118 Å². The first-order chi connectivity index (χ1) is 9.99. The van der Waals surface area contributed by atoms with Crippen LogP contribution in [0.15, 0.2) is 46.9 Å². The smallest absolute Gasteiger partial charge is 0.416 e. The number of ether oxygens (including phenoxy) is 1. The average Bonchev–Trinajstić information content (AvgIpc) is 2.89. The van der Waals surface area contributed by atoms with Crippen LogP contribution in [0.5, 0.6) is 5.75 Å². The minimum absolute atomic E-state index is 0.0886. The van der Waals surface area contributed by atoms with Gasteiger partial charge in [0.05, 0.1) is 18.2 Å². The summed E-state index contributed by atoms with van der Waals surface area (Å²) in [5.41, 5.74) is 0.275. The van der Waals surface area contributed by atoms with Crippen LogP contribution >= 0.6 is 0 Å². The molecule has 0 N–H and O–H groups in total. The first-order valence-corrected chi connectivity index (χ1v) is 6.10. The SMILES string of the molecule is COc1ccccc1-c1nc2ccc(C(F)(F)F)cc2o1. The number of oxazole rings is 1. The number of fused-ring (bicyclic) bond motifs is 1. The maximum absolute atomic E-state index is 12.7. The van der Waals surface area contributed by atoms with Crippen LogP contribution in [-0.2, 0) is 6.18 Å². The van der Waals surface area contributed by atoms with E-state index in [1.165, 1.54) is 13.2 Å². The summed E-state index contributed by atoms with van der Waals surface area (Å²) >= 11 is 0. The number of halogens is 3. The molecule has 0 unspecified atom stereocenters. The largest absolute Gasteiger partial charge is 0.496 e. The second-order valence-electron chi connectivity index (χ2n) is 4.40. The van der Waals surface area contributed by atoms with E-state index >= 15 is 0 Å². The van der Waals surface area contributed by atoms with Gasteiger partial charge in [-0.25, -0.2) is 4.98 Å². The molecule has 1 aromatic heterocycles. The van der Waals surface area contributed by atoms with Crippen molar-refractivity contribution < 1.29 is 22.3 Å². The van der Waals surface area contributed by atoms with Crippen molar-refractivity contribution in [2.45, 2.75) is 6.18 Å². The lowest BCUT2D eigenvalue weighted by Gasteiger charge is -2.04. The lowest BCUT2D eigenvalue weighted by molar-refractivity contribution is -0.137. The van der Waals surface area contributed by atoms with Crippen LogP contribution in [0, 0.1) is 0 Å². The third-order valence-corrected chi connectivity index (χ3v) is 3.05. The number of nitrogens with zero attached hydrogens (tertiary/aromatic N) is 1. The molecule has 0 spiro atoms. The van der Waals surface area contributed by atoms with E-state index in [1.54, 1.807) is 24.3 Å². The summed E-state index contributed by atoms with van der Waals surface area (Å²) in [4.78, 5) is 4.20. The van der Waals surface area contributed by atoms with E-state index < -0.39 is 11.7 Å². The molecule has 0 aliphatic heterocycles. The maximum atomic E-state index is 12.7. The molecule has 0 aliphatic rings. The van der Waals surface area contributed by atoms with Crippen LogP contribution in [0.25, 0.3) is 22.6 Å². The molecule has 3 rings (SSSR count). The summed E-state index contributed by atoms with van der Waals surface area (Å²) in [6, 6.07) is 10.2. The van der Waals surface area contributed by atoms with Gasteiger partial charge in [0, 0.05) is 0 Å². The lowest BCUT2D eigenvalue weighted by Crippen LogP contribution is -2.03. The summed E-state index contributed by atoms with van der Waals surface area (Å²) < 4.78 is 48.7. The Bertz CT molecular complexity index is 793. The maximum Gasteiger partial charge on any atom is 0.416 e. The summed E-state index contributed by atoms with van der Waals surface area (Å²) in [5.74, 6) is 0.766. The van der Waals surface area contributed by atoms with Crippen molar-refractivity contribution in [3.05, 3.63) is 48.0 Å². The van der Waals surface area contributed by atoms with E-state index in [0.717, 1.165) is 12.1 Å². The molecule has 3 nitrogen and oxygen atoms in total. The highest BCUT2D eigenvalue weighted by Gasteiger charge is 2.31. The highest BCUT2D eigenvalue weighted by Crippen LogP contribution is 2.34. The molecule has 2 aromatic carbocycles. The second-order valence-corrected chi connectivity index (χ2v) is 4.40. The Kier molecular flexibility index (Phi) is 3.08. The first kappa shape index (κ1) is 13.5. The number of para-hydroxylation sites is 1. The molecule has 0 aliphatic carbocycles. The molecular weight excluding hydrogens is 283 g/mol. The lowest BCUT2D eigenvalue weighted by atomic mass is 10.2. The fourth-order valence-corrected chi connectivity index (χ4v) is 2.04. The summed E-state index contributed by atoms with van der Waals surface area (Å²) in [7, 11) is 1.50. The summed E-state index contributed by atoms with van der Waals surface area (Å²) in [5, 5.41) is 0. The van der Waals surface area contributed by atoms with Gasteiger partial charge < -0.3 is 9.15 Å². The second kappa shape index (κ2) is 4.80. The molecule has 1 heterocycles. The van der Waals surface area contributed by atoms with E-state index in [1.807, 2.05) is 0 Å². The van der Waals surface area contributed by atoms with Crippen molar-refractivity contribution >= 4 is 11.1 Å². The molecule has 0 radical (unpaired) electrons. The van der Waals surface area contributed by atoms with Crippen LogP contribution in [0.1, 0.15) is 5.56 Å².